The molecule has 20 heavy (non-hydrogen) atoms. The molecule has 0 bridgehead atoms. The summed E-state index contributed by atoms with van der Waals surface area (Å²) in [6.07, 6.45) is 3.08. The van der Waals surface area contributed by atoms with Crippen molar-refractivity contribution in [3.8, 4) is 0 Å². The standard InChI is InChI=1S/C14H18Cl2N2O2/c15-11-5-3-6-12(16)14(11)17-13(20)8-18-7-2-1-4-10(18)9-19/h3,5-6,10,19H,1-2,4,7-9H2,(H,17,20). The number of para-hydroxylation sites is 1. The zero-order valence-electron chi connectivity index (χ0n) is 11.1. The number of carbonyl (C=O) groups excluding carboxylic acids is 1. The van der Waals surface area contributed by atoms with Crippen LogP contribution in [0.2, 0.25) is 10.0 Å². The van der Waals surface area contributed by atoms with Gasteiger partial charge in [-0.05, 0) is 31.5 Å². The summed E-state index contributed by atoms with van der Waals surface area (Å²) < 4.78 is 0. The number of halogens is 2. The van der Waals surface area contributed by atoms with Crippen molar-refractivity contribution in [2.75, 3.05) is 25.0 Å². The summed E-state index contributed by atoms with van der Waals surface area (Å²) in [4.78, 5) is 14.1. The van der Waals surface area contributed by atoms with Gasteiger partial charge in [-0.15, -0.1) is 0 Å². The Balaban J connectivity index is 1.98. The molecule has 0 saturated carbocycles. The Morgan fingerprint density at radius 3 is 2.70 bits per heavy atom. The van der Waals surface area contributed by atoms with Gasteiger partial charge < -0.3 is 10.4 Å². The summed E-state index contributed by atoms with van der Waals surface area (Å²) in [6, 6.07) is 5.16. The number of hydrogen-bond acceptors (Lipinski definition) is 3. The lowest BCUT2D eigenvalue weighted by atomic mass is 10.0. The Kier molecular flexibility index (Phi) is 5.66. The first kappa shape index (κ1) is 15.6. The van der Waals surface area contributed by atoms with Crippen LogP contribution in [0, 0.1) is 0 Å². The third-order valence-corrected chi connectivity index (χ3v) is 4.16. The Hall–Kier alpha value is -0.810. The van der Waals surface area contributed by atoms with E-state index in [1.165, 1.54) is 0 Å². The Labute approximate surface area is 128 Å². The van der Waals surface area contributed by atoms with Crippen molar-refractivity contribution in [3.05, 3.63) is 28.2 Å². The van der Waals surface area contributed by atoms with Crippen LogP contribution in [0.3, 0.4) is 0 Å². The van der Waals surface area contributed by atoms with Gasteiger partial charge in [-0.2, -0.15) is 0 Å². The first-order valence-corrected chi connectivity index (χ1v) is 7.46. The highest BCUT2D eigenvalue weighted by molar-refractivity contribution is 6.39. The number of amides is 1. The molecule has 1 aliphatic rings. The predicted molar refractivity (Wildman–Crippen MR) is 81.4 cm³/mol. The fourth-order valence-corrected chi connectivity index (χ4v) is 2.95. The number of likely N-dealkylation sites (tertiary alicyclic amines) is 1. The summed E-state index contributed by atoms with van der Waals surface area (Å²) in [7, 11) is 0. The minimum Gasteiger partial charge on any atom is -0.395 e. The molecule has 110 valence electrons. The van der Waals surface area contributed by atoms with E-state index in [4.69, 9.17) is 23.2 Å². The maximum absolute atomic E-state index is 12.1. The van der Waals surface area contributed by atoms with Crippen LogP contribution in [0.15, 0.2) is 18.2 Å². The molecule has 4 nitrogen and oxygen atoms in total. The zero-order valence-corrected chi connectivity index (χ0v) is 12.6. The van der Waals surface area contributed by atoms with Crippen LogP contribution in [-0.2, 0) is 4.79 Å². The summed E-state index contributed by atoms with van der Waals surface area (Å²) in [5, 5.41) is 12.9. The van der Waals surface area contributed by atoms with Crippen molar-refractivity contribution < 1.29 is 9.90 Å². The molecule has 2 N–H and O–H groups in total. The molecule has 1 atom stereocenters. The lowest BCUT2D eigenvalue weighted by Gasteiger charge is -2.33. The SMILES string of the molecule is O=C(CN1CCCCC1CO)Nc1c(Cl)cccc1Cl. The smallest absolute Gasteiger partial charge is 0.238 e. The highest BCUT2D eigenvalue weighted by Gasteiger charge is 2.23. The van der Waals surface area contributed by atoms with Crippen LogP contribution in [-0.4, -0.2) is 41.7 Å². The van der Waals surface area contributed by atoms with E-state index in [-0.39, 0.29) is 25.1 Å². The molecule has 1 aliphatic heterocycles. The number of nitrogens with zero attached hydrogens (tertiary/aromatic N) is 1. The molecule has 2 rings (SSSR count). The van der Waals surface area contributed by atoms with E-state index in [2.05, 4.69) is 5.32 Å². The molecule has 0 aromatic heterocycles. The molecular formula is C14H18Cl2N2O2. The summed E-state index contributed by atoms with van der Waals surface area (Å²) in [6.45, 7) is 1.15. The highest BCUT2D eigenvalue weighted by atomic mass is 35.5. The van der Waals surface area contributed by atoms with Crippen LogP contribution in [0.25, 0.3) is 0 Å². The second-order valence-corrected chi connectivity index (χ2v) is 5.76. The molecule has 1 unspecified atom stereocenters. The molecule has 1 amide bonds. The van der Waals surface area contributed by atoms with Crippen LogP contribution in [0.1, 0.15) is 19.3 Å². The van der Waals surface area contributed by atoms with Gasteiger partial charge in [-0.3, -0.25) is 9.69 Å². The van der Waals surface area contributed by atoms with Crippen molar-refractivity contribution >= 4 is 34.8 Å². The first-order valence-electron chi connectivity index (χ1n) is 6.70. The number of aliphatic hydroxyl groups excluding tert-OH is 1. The van der Waals surface area contributed by atoms with Crippen LogP contribution >= 0.6 is 23.2 Å². The molecule has 6 heteroatoms. The largest absolute Gasteiger partial charge is 0.395 e. The van der Waals surface area contributed by atoms with Gasteiger partial charge in [0.05, 0.1) is 28.9 Å². The molecule has 0 spiro atoms. The number of rotatable bonds is 4. The van der Waals surface area contributed by atoms with Crippen LogP contribution in [0.5, 0.6) is 0 Å². The molecule has 1 fully saturated rings. The number of nitrogens with one attached hydrogen (secondary N) is 1. The topological polar surface area (TPSA) is 52.6 Å². The van der Waals surface area contributed by atoms with E-state index in [1.54, 1.807) is 18.2 Å². The maximum atomic E-state index is 12.1. The average molecular weight is 317 g/mol. The van der Waals surface area contributed by atoms with E-state index < -0.39 is 0 Å². The van der Waals surface area contributed by atoms with Gasteiger partial charge in [-0.1, -0.05) is 35.7 Å². The van der Waals surface area contributed by atoms with Gasteiger partial charge in [0.2, 0.25) is 5.91 Å². The zero-order chi connectivity index (χ0) is 14.5. The van der Waals surface area contributed by atoms with Crippen molar-refractivity contribution in [1.29, 1.82) is 0 Å². The van der Waals surface area contributed by atoms with Gasteiger partial charge >= 0.3 is 0 Å². The third kappa shape index (κ3) is 3.85. The van der Waals surface area contributed by atoms with Crippen LogP contribution < -0.4 is 5.32 Å². The average Bonchev–Trinajstić information content (AvgIpc) is 2.44. The second kappa shape index (κ2) is 7.27. The van der Waals surface area contributed by atoms with E-state index in [0.717, 1.165) is 25.8 Å². The van der Waals surface area contributed by atoms with Gasteiger partial charge in [0.15, 0.2) is 0 Å². The fourth-order valence-electron chi connectivity index (χ4n) is 2.46. The molecule has 1 aromatic rings. The maximum Gasteiger partial charge on any atom is 0.238 e. The summed E-state index contributed by atoms with van der Waals surface area (Å²) in [5.41, 5.74) is 0.443. The second-order valence-electron chi connectivity index (χ2n) is 4.95. The first-order chi connectivity index (χ1) is 9.61. The minimum absolute atomic E-state index is 0.0659. The number of piperidine rings is 1. The molecule has 1 saturated heterocycles. The van der Waals surface area contributed by atoms with Gasteiger partial charge in [0.25, 0.3) is 0 Å². The van der Waals surface area contributed by atoms with Gasteiger partial charge in [-0.25, -0.2) is 0 Å². The quantitative estimate of drug-likeness (QED) is 0.898. The molecule has 0 aliphatic carbocycles. The minimum atomic E-state index is -0.166. The molecular weight excluding hydrogens is 299 g/mol. The summed E-state index contributed by atoms with van der Waals surface area (Å²) >= 11 is 12.0. The number of carbonyl (C=O) groups is 1. The molecule has 1 aromatic carbocycles. The van der Waals surface area contributed by atoms with Crippen LogP contribution in [0.4, 0.5) is 5.69 Å². The Morgan fingerprint density at radius 1 is 1.35 bits per heavy atom. The van der Waals surface area contributed by atoms with Crippen molar-refractivity contribution in [1.82, 2.24) is 4.90 Å². The van der Waals surface area contributed by atoms with Gasteiger partial charge in [0.1, 0.15) is 0 Å². The number of benzene rings is 1. The number of hydrogen-bond donors (Lipinski definition) is 2. The Morgan fingerprint density at radius 2 is 2.05 bits per heavy atom. The van der Waals surface area contributed by atoms with Crippen molar-refractivity contribution in [3.63, 3.8) is 0 Å². The molecule has 0 radical (unpaired) electrons. The van der Waals surface area contributed by atoms with E-state index in [0.29, 0.717) is 15.7 Å². The normalized spacial score (nSPS) is 19.9. The number of aliphatic hydroxyl groups is 1. The third-order valence-electron chi connectivity index (χ3n) is 3.53. The lowest BCUT2D eigenvalue weighted by molar-refractivity contribution is -0.118. The van der Waals surface area contributed by atoms with Gasteiger partial charge in [0, 0.05) is 6.04 Å². The van der Waals surface area contributed by atoms with Crippen molar-refractivity contribution in [2.45, 2.75) is 25.3 Å². The monoisotopic (exact) mass is 316 g/mol. The predicted octanol–water partition coefficient (Wildman–Crippen LogP) is 2.78. The lowest BCUT2D eigenvalue weighted by Crippen LogP contribution is -2.45. The Bertz CT molecular complexity index is 462. The number of anilines is 1. The van der Waals surface area contributed by atoms with E-state index in [9.17, 15) is 9.90 Å². The van der Waals surface area contributed by atoms with E-state index in [1.807, 2.05) is 4.90 Å². The molecule has 1 heterocycles. The van der Waals surface area contributed by atoms with E-state index >= 15 is 0 Å². The fraction of sp³-hybridized carbons (Fsp3) is 0.500. The highest BCUT2D eigenvalue weighted by Crippen LogP contribution is 2.29. The summed E-state index contributed by atoms with van der Waals surface area (Å²) in [5.74, 6) is -0.166. The van der Waals surface area contributed by atoms with Crippen molar-refractivity contribution in [2.24, 2.45) is 0 Å².